The van der Waals surface area contributed by atoms with Crippen molar-refractivity contribution in [1.29, 1.82) is 0 Å². The normalized spacial score (nSPS) is 29.5. The number of aromatic hydroxyl groups is 2. The summed E-state index contributed by atoms with van der Waals surface area (Å²) in [7, 11) is 1.34. The highest BCUT2D eigenvalue weighted by molar-refractivity contribution is 6.31. The van der Waals surface area contributed by atoms with Crippen LogP contribution in [0.1, 0.15) is 75.8 Å². The number of phenolic OH excluding ortho intramolecular Hbond substituents is 2. The number of carbonyl (C=O) groups excluding carboxylic acids is 3. The van der Waals surface area contributed by atoms with Gasteiger partial charge in [-0.25, -0.2) is 0 Å². The number of nitrogens with two attached hydrogens (primary N) is 1. The molecule has 2 aromatic rings. The lowest BCUT2D eigenvalue weighted by atomic mass is 9.72. The lowest BCUT2D eigenvalue weighted by molar-refractivity contribution is -0.247. The minimum atomic E-state index is -2.00. The zero-order valence-electron chi connectivity index (χ0n) is 21.5. The summed E-state index contributed by atoms with van der Waals surface area (Å²) >= 11 is 0. The molecule has 1 aliphatic heterocycles. The molecule has 11 nitrogen and oxygen atoms in total. The third kappa shape index (κ3) is 4.39. The van der Waals surface area contributed by atoms with Crippen molar-refractivity contribution >= 4 is 29.8 Å². The van der Waals surface area contributed by atoms with E-state index in [9.17, 15) is 34.8 Å². The highest BCUT2D eigenvalue weighted by Gasteiger charge is 2.49. The number of benzene rings is 2. The predicted molar refractivity (Wildman–Crippen MR) is 138 cm³/mol. The van der Waals surface area contributed by atoms with Crippen LogP contribution in [0.3, 0.4) is 0 Å². The van der Waals surface area contributed by atoms with Crippen molar-refractivity contribution in [2.24, 2.45) is 5.73 Å². The first-order valence-electron chi connectivity index (χ1n) is 12.2. The third-order valence-electron chi connectivity index (χ3n) is 7.80. The van der Waals surface area contributed by atoms with Gasteiger partial charge in [-0.3, -0.25) is 14.4 Å². The van der Waals surface area contributed by atoms with E-state index in [-0.39, 0.29) is 53.3 Å². The molecular weight excluding hydrogens is 534 g/mol. The molecule has 39 heavy (non-hydrogen) atoms. The number of hydrogen-bond donors (Lipinski definition) is 5. The Labute approximate surface area is 229 Å². The van der Waals surface area contributed by atoms with Crippen molar-refractivity contribution in [3.63, 3.8) is 0 Å². The monoisotopic (exact) mass is 563 g/mol. The lowest BCUT2D eigenvalue weighted by Gasteiger charge is -2.42. The van der Waals surface area contributed by atoms with E-state index in [0.717, 1.165) is 0 Å². The smallest absolute Gasteiger partial charge is 0.202 e. The van der Waals surface area contributed by atoms with Crippen LogP contribution in [0.15, 0.2) is 18.2 Å². The van der Waals surface area contributed by atoms with E-state index in [0.29, 0.717) is 0 Å². The van der Waals surface area contributed by atoms with E-state index in [1.165, 1.54) is 32.2 Å². The summed E-state index contributed by atoms with van der Waals surface area (Å²) < 4.78 is 17.1. The summed E-state index contributed by atoms with van der Waals surface area (Å²) in [5, 5.41) is 44.1. The molecule has 12 heteroatoms. The van der Waals surface area contributed by atoms with Crippen molar-refractivity contribution in [1.82, 2.24) is 0 Å². The molecule has 0 amide bonds. The minimum absolute atomic E-state index is 0. The molecule has 0 spiro atoms. The quantitative estimate of drug-likeness (QED) is 0.289. The number of ketones is 3. The fourth-order valence-electron chi connectivity index (χ4n) is 5.66. The van der Waals surface area contributed by atoms with Crippen molar-refractivity contribution in [3.05, 3.63) is 51.6 Å². The number of fused-ring (bicyclic) bond motifs is 3. The maximum Gasteiger partial charge on any atom is 0.202 e. The number of halogens is 1. The molecule has 210 valence electrons. The number of rotatable bonds is 4. The topological polar surface area (TPSA) is 186 Å². The highest BCUT2D eigenvalue weighted by atomic mass is 35.5. The number of Topliss-reactive ketones (excluding diaryl/α,β-unsaturated/α-hetero) is 1. The summed E-state index contributed by atoms with van der Waals surface area (Å²) in [6.07, 6.45) is -4.53. The van der Waals surface area contributed by atoms with Gasteiger partial charge in [-0.05, 0) is 19.9 Å². The molecule has 1 fully saturated rings. The molecule has 0 bridgehead atoms. The fraction of sp³-hybridized carbons (Fsp3) is 0.444. The van der Waals surface area contributed by atoms with E-state index in [2.05, 4.69) is 0 Å². The summed E-state index contributed by atoms with van der Waals surface area (Å²) in [4.78, 5) is 39.6. The largest absolute Gasteiger partial charge is 0.507 e. The van der Waals surface area contributed by atoms with E-state index >= 15 is 0 Å². The first-order chi connectivity index (χ1) is 17.9. The number of carbonyl (C=O) groups is 3. The second-order valence-corrected chi connectivity index (χ2v) is 10.1. The lowest BCUT2D eigenvalue weighted by Crippen LogP contribution is -2.52. The molecule has 0 saturated carbocycles. The first kappa shape index (κ1) is 28.9. The zero-order valence-corrected chi connectivity index (χ0v) is 22.3. The van der Waals surface area contributed by atoms with Gasteiger partial charge in [0.2, 0.25) is 5.78 Å². The average molecular weight is 564 g/mol. The molecule has 0 radical (unpaired) electrons. The second kappa shape index (κ2) is 10.2. The highest BCUT2D eigenvalue weighted by Crippen LogP contribution is 2.52. The molecule has 5 rings (SSSR count). The fourth-order valence-corrected chi connectivity index (χ4v) is 5.66. The summed E-state index contributed by atoms with van der Waals surface area (Å²) in [6.45, 7) is 2.79. The van der Waals surface area contributed by atoms with Crippen molar-refractivity contribution in [2.45, 2.75) is 69.4 Å². The van der Waals surface area contributed by atoms with Crippen LogP contribution in [0.25, 0.3) is 0 Å². The standard InChI is InChI=1S/C27H29NO10.ClH/c1-10-22(30)14(28)7-17(37-10)38-16-9-27(35,11(2)29)8-13-19(16)26(34)21-20(24(13)32)23(31)12-5-4-6-15(36-3)18(12)25(21)33;/h4-6,10,14,16-17,22,30,32,34-35H,7-9,28H2,1-3H3;1H/t10?,14?,16-,17-,22?,27-;/m0./s1. The van der Waals surface area contributed by atoms with E-state index in [1.54, 1.807) is 6.92 Å². The van der Waals surface area contributed by atoms with Gasteiger partial charge in [-0.2, -0.15) is 0 Å². The van der Waals surface area contributed by atoms with Gasteiger partial charge in [0.05, 0.1) is 42.1 Å². The number of hydrogen-bond acceptors (Lipinski definition) is 11. The van der Waals surface area contributed by atoms with Crippen LogP contribution in [-0.4, -0.2) is 75.0 Å². The Morgan fingerprint density at radius 2 is 1.79 bits per heavy atom. The third-order valence-corrected chi connectivity index (χ3v) is 7.80. The van der Waals surface area contributed by atoms with Crippen LogP contribution in [0.4, 0.5) is 0 Å². The Kier molecular flexibility index (Phi) is 7.54. The van der Waals surface area contributed by atoms with Crippen molar-refractivity contribution in [2.75, 3.05) is 7.11 Å². The van der Waals surface area contributed by atoms with Gasteiger partial charge in [0.1, 0.15) is 22.8 Å². The molecule has 6 atom stereocenters. The molecule has 2 aliphatic carbocycles. The number of aliphatic hydroxyl groups excluding tert-OH is 1. The van der Waals surface area contributed by atoms with Crippen molar-refractivity contribution in [3.8, 4) is 17.2 Å². The number of methoxy groups -OCH3 is 1. The van der Waals surface area contributed by atoms with Crippen LogP contribution >= 0.6 is 12.4 Å². The zero-order chi connectivity index (χ0) is 27.7. The number of ether oxygens (including phenoxy) is 3. The van der Waals surface area contributed by atoms with Crippen LogP contribution in [0.5, 0.6) is 17.2 Å². The van der Waals surface area contributed by atoms with Gasteiger partial charge >= 0.3 is 0 Å². The summed E-state index contributed by atoms with van der Waals surface area (Å²) in [6, 6.07) is 3.75. The number of phenols is 2. The minimum Gasteiger partial charge on any atom is -0.507 e. The van der Waals surface area contributed by atoms with E-state index in [1.807, 2.05) is 0 Å². The second-order valence-electron chi connectivity index (χ2n) is 10.1. The van der Waals surface area contributed by atoms with Crippen LogP contribution in [-0.2, 0) is 20.7 Å². The van der Waals surface area contributed by atoms with E-state index in [4.69, 9.17) is 19.9 Å². The van der Waals surface area contributed by atoms with E-state index < -0.39 is 82.6 Å². The Morgan fingerprint density at radius 1 is 1.13 bits per heavy atom. The van der Waals surface area contributed by atoms with Gasteiger partial charge in [-0.1, -0.05) is 12.1 Å². The molecule has 6 N–H and O–H groups in total. The number of aliphatic hydroxyl groups is 2. The molecule has 0 aromatic heterocycles. The molecule has 1 saturated heterocycles. The summed E-state index contributed by atoms with van der Waals surface area (Å²) in [5.74, 6) is -3.18. The van der Waals surface area contributed by atoms with Crippen molar-refractivity contribution < 1.29 is 49.0 Å². The molecule has 3 unspecified atom stereocenters. The van der Waals surface area contributed by atoms with Crippen LogP contribution in [0.2, 0.25) is 0 Å². The maximum atomic E-state index is 13.6. The Morgan fingerprint density at radius 3 is 2.41 bits per heavy atom. The van der Waals surface area contributed by atoms with Gasteiger partial charge in [0, 0.05) is 42.0 Å². The Balaban J connectivity index is 0.00000353. The SMILES string of the molecule is COc1cccc2c1C(=O)c1c(O)c3c(c(O)c1C2=O)C[C@@](O)(C(C)=O)C[C@@H]3O[C@H]1CC(N)C(O)C(C)O1.Cl. The Bertz CT molecular complexity index is 1370. The molecule has 1 heterocycles. The van der Waals surface area contributed by atoms with Crippen LogP contribution < -0.4 is 10.5 Å². The van der Waals surface area contributed by atoms with Gasteiger partial charge < -0.3 is 40.4 Å². The van der Waals surface area contributed by atoms with Gasteiger partial charge in [0.25, 0.3) is 0 Å². The molecule has 3 aliphatic rings. The molecular formula is C27H30ClNO10. The predicted octanol–water partition coefficient (Wildman–Crippen LogP) is 1.45. The first-order valence-corrected chi connectivity index (χ1v) is 12.2. The summed E-state index contributed by atoms with van der Waals surface area (Å²) in [5.41, 5.74) is 2.97. The average Bonchev–Trinajstić information content (AvgIpc) is 2.87. The van der Waals surface area contributed by atoms with Gasteiger partial charge in [0.15, 0.2) is 17.9 Å². The van der Waals surface area contributed by atoms with Crippen LogP contribution in [0, 0.1) is 0 Å². The van der Waals surface area contributed by atoms with Gasteiger partial charge in [-0.15, -0.1) is 12.4 Å². The Hall–Kier alpha value is -3.06. The maximum absolute atomic E-state index is 13.6. The molecule has 2 aromatic carbocycles.